The summed E-state index contributed by atoms with van der Waals surface area (Å²) in [6.45, 7) is 8.73. The molecule has 0 heterocycles. The van der Waals surface area contributed by atoms with Gasteiger partial charge in [0.05, 0.1) is 0 Å². The minimum absolute atomic E-state index is 0.0163. The summed E-state index contributed by atoms with van der Waals surface area (Å²) in [5.74, 6) is 1.80. The third-order valence-electron chi connectivity index (χ3n) is 6.63. The van der Waals surface area contributed by atoms with Crippen LogP contribution < -0.4 is 10.4 Å². The molecule has 0 aromatic heterocycles. The molecule has 4 rings (SSSR count). The van der Waals surface area contributed by atoms with Crippen molar-refractivity contribution in [2.45, 2.75) is 51.7 Å². The van der Waals surface area contributed by atoms with Crippen LogP contribution in [0.4, 0.5) is 0 Å². The molecule has 2 aromatic rings. The topological polar surface area (TPSA) is 26.3 Å². The van der Waals surface area contributed by atoms with Gasteiger partial charge in [-0.15, -0.1) is 0 Å². The Kier molecular flexibility index (Phi) is 4.64. The molecule has 2 saturated carbocycles. The summed E-state index contributed by atoms with van der Waals surface area (Å²) in [5, 5.41) is 2.70. The Morgan fingerprint density at radius 1 is 0.889 bits per heavy atom. The number of Topliss-reactive ketones (excluding diaryl/α,β-unsaturated/α-hetero) is 1. The average molecular weight is 379 g/mol. The minimum Gasteiger partial charge on any atom is -0.404 e. The van der Waals surface area contributed by atoms with Crippen LogP contribution in [0.2, 0.25) is 5.04 Å². The minimum atomic E-state index is -2.46. The van der Waals surface area contributed by atoms with Gasteiger partial charge in [-0.3, -0.25) is 4.79 Å². The van der Waals surface area contributed by atoms with Gasteiger partial charge in [-0.1, -0.05) is 81.4 Å². The smallest absolute Gasteiger partial charge is 0.261 e. The van der Waals surface area contributed by atoms with Crippen LogP contribution in [0.3, 0.4) is 0 Å². The van der Waals surface area contributed by atoms with Crippen LogP contribution in [0.25, 0.3) is 0 Å². The zero-order chi connectivity index (χ0) is 19.2. The summed E-state index contributed by atoms with van der Waals surface area (Å²) in [5.41, 5.74) is 0. The molecule has 2 fully saturated rings. The van der Waals surface area contributed by atoms with Gasteiger partial charge in [0.1, 0.15) is 5.78 Å². The number of carbonyl (C=O) groups is 1. The van der Waals surface area contributed by atoms with Gasteiger partial charge >= 0.3 is 0 Å². The second-order valence-electron chi connectivity index (χ2n) is 9.34. The van der Waals surface area contributed by atoms with E-state index in [4.69, 9.17) is 4.43 Å². The lowest BCUT2D eigenvalue weighted by atomic mass is 10.1. The predicted octanol–water partition coefficient (Wildman–Crippen LogP) is 4.18. The Bertz CT molecular complexity index is 758. The molecule has 2 atom stereocenters. The molecule has 27 heavy (non-hydrogen) atoms. The second kappa shape index (κ2) is 6.71. The lowest BCUT2D eigenvalue weighted by Gasteiger charge is -2.45. The third kappa shape index (κ3) is 3.11. The predicted molar refractivity (Wildman–Crippen MR) is 113 cm³/mol. The van der Waals surface area contributed by atoms with Crippen molar-refractivity contribution in [2.24, 2.45) is 17.8 Å². The fraction of sp³-hybridized carbons (Fsp3) is 0.458. The first-order chi connectivity index (χ1) is 12.8. The molecule has 2 aliphatic carbocycles. The lowest BCUT2D eigenvalue weighted by Crippen LogP contribution is -2.67. The summed E-state index contributed by atoms with van der Waals surface area (Å²) in [6.07, 6.45) is 2.35. The highest BCUT2D eigenvalue weighted by atomic mass is 28.4. The molecule has 0 radical (unpaired) electrons. The first kappa shape index (κ1) is 18.6. The fourth-order valence-electron chi connectivity index (χ4n) is 5.43. The molecular weight excluding hydrogens is 348 g/mol. The molecule has 0 amide bonds. The maximum Gasteiger partial charge on any atom is 0.261 e. The van der Waals surface area contributed by atoms with E-state index in [0.717, 1.165) is 12.8 Å². The van der Waals surface area contributed by atoms with Gasteiger partial charge in [0.2, 0.25) is 0 Å². The van der Waals surface area contributed by atoms with Crippen LogP contribution in [0.5, 0.6) is 0 Å². The number of hydrogen-bond acceptors (Lipinski definition) is 2. The van der Waals surface area contributed by atoms with E-state index in [1.165, 1.54) is 10.4 Å². The molecule has 2 aliphatic rings. The van der Waals surface area contributed by atoms with Gasteiger partial charge in [0, 0.05) is 12.0 Å². The van der Waals surface area contributed by atoms with Crippen LogP contribution in [-0.4, -0.2) is 20.2 Å². The van der Waals surface area contributed by atoms with Crippen molar-refractivity contribution in [3.63, 3.8) is 0 Å². The molecular formula is C24H30O2Si. The molecule has 2 aromatic carbocycles. The summed E-state index contributed by atoms with van der Waals surface area (Å²) < 4.78 is 7.19. The first-order valence-corrected chi connectivity index (χ1v) is 12.0. The molecule has 0 N–H and O–H groups in total. The number of hydrogen-bond donors (Lipinski definition) is 0. The van der Waals surface area contributed by atoms with Gasteiger partial charge in [0.15, 0.2) is 0 Å². The van der Waals surface area contributed by atoms with Crippen molar-refractivity contribution in [3.8, 4) is 0 Å². The molecule has 3 heteroatoms. The van der Waals surface area contributed by atoms with Gasteiger partial charge in [-0.25, -0.2) is 0 Å². The van der Waals surface area contributed by atoms with E-state index >= 15 is 0 Å². The Labute approximate surface area is 164 Å². The molecule has 0 unspecified atom stereocenters. The lowest BCUT2D eigenvalue weighted by molar-refractivity contribution is -0.119. The average Bonchev–Trinajstić information content (AvgIpc) is 3.17. The summed E-state index contributed by atoms with van der Waals surface area (Å²) in [4.78, 5) is 11.8. The summed E-state index contributed by atoms with van der Waals surface area (Å²) in [7, 11) is -2.46. The van der Waals surface area contributed by atoms with E-state index in [1.807, 2.05) is 0 Å². The highest BCUT2D eigenvalue weighted by Crippen LogP contribution is 2.59. The van der Waals surface area contributed by atoms with E-state index in [-0.39, 0.29) is 11.1 Å². The van der Waals surface area contributed by atoms with Gasteiger partial charge < -0.3 is 4.43 Å². The fourth-order valence-corrected chi connectivity index (χ4v) is 10.1. The van der Waals surface area contributed by atoms with Crippen LogP contribution in [0, 0.1) is 17.8 Å². The van der Waals surface area contributed by atoms with Crippen molar-refractivity contribution >= 4 is 24.5 Å². The Balaban J connectivity index is 1.72. The number of ketones is 1. The Morgan fingerprint density at radius 3 is 1.70 bits per heavy atom. The summed E-state index contributed by atoms with van der Waals surface area (Å²) >= 11 is 0. The highest BCUT2D eigenvalue weighted by Gasteiger charge is 2.60. The van der Waals surface area contributed by atoms with E-state index in [9.17, 15) is 4.79 Å². The van der Waals surface area contributed by atoms with Crippen molar-refractivity contribution in [3.05, 3.63) is 60.7 Å². The maximum atomic E-state index is 11.8. The SMILES string of the molecule is CC(=O)C1[C@H]2CC(O[Si](c3ccccc3)(c3ccccc3)C(C)(C)C)C[C@H]12. The normalized spacial score (nSPS) is 25.3. The van der Waals surface area contributed by atoms with Crippen molar-refractivity contribution in [1.82, 2.24) is 0 Å². The van der Waals surface area contributed by atoms with Crippen LogP contribution in [0.1, 0.15) is 40.5 Å². The largest absolute Gasteiger partial charge is 0.404 e. The standard InChI is InChI=1S/C24H30O2Si/c1-17(25)23-21-15-18(16-22(21)23)26-27(24(2,3)4,19-11-7-5-8-12-19)20-13-9-6-10-14-20/h5-14,18,21-23H,15-16H2,1-4H3/t18?,21-,22-,23?/m0/s1. The Morgan fingerprint density at radius 2 is 1.33 bits per heavy atom. The van der Waals surface area contributed by atoms with E-state index < -0.39 is 8.32 Å². The van der Waals surface area contributed by atoms with E-state index in [2.05, 4.69) is 81.4 Å². The quantitative estimate of drug-likeness (QED) is 0.730. The highest BCUT2D eigenvalue weighted by molar-refractivity contribution is 6.99. The van der Waals surface area contributed by atoms with Gasteiger partial charge in [-0.2, -0.15) is 0 Å². The van der Waals surface area contributed by atoms with Crippen LogP contribution in [-0.2, 0) is 9.22 Å². The van der Waals surface area contributed by atoms with Crippen LogP contribution >= 0.6 is 0 Å². The first-order valence-electron chi connectivity index (χ1n) is 10.1. The molecule has 2 nitrogen and oxygen atoms in total. The molecule has 0 bridgehead atoms. The van der Waals surface area contributed by atoms with Crippen molar-refractivity contribution in [2.75, 3.05) is 0 Å². The Hall–Kier alpha value is -1.71. The molecule has 0 saturated heterocycles. The second-order valence-corrected chi connectivity index (χ2v) is 13.6. The number of benzene rings is 2. The maximum absolute atomic E-state index is 11.8. The van der Waals surface area contributed by atoms with Gasteiger partial charge in [-0.05, 0) is 47.0 Å². The number of carbonyl (C=O) groups excluding carboxylic acids is 1. The van der Waals surface area contributed by atoms with E-state index in [0.29, 0.717) is 23.5 Å². The molecule has 0 spiro atoms. The zero-order valence-corrected chi connectivity index (χ0v) is 17.8. The molecule has 0 aliphatic heterocycles. The van der Waals surface area contributed by atoms with Gasteiger partial charge in [0.25, 0.3) is 8.32 Å². The molecule has 142 valence electrons. The third-order valence-corrected chi connectivity index (χ3v) is 11.7. The van der Waals surface area contributed by atoms with Crippen LogP contribution in [0.15, 0.2) is 60.7 Å². The monoisotopic (exact) mass is 378 g/mol. The van der Waals surface area contributed by atoms with Crippen molar-refractivity contribution in [1.29, 1.82) is 0 Å². The van der Waals surface area contributed by atoms with E-state index in [1.54, 1.807) is 6.92 Å². The number of fused-ring (bicyclic) bond motifs is 1. The summed E-state index contributed by atoms with van der Waals surface area (Å²) in [6, 6.07) is 21.7. The van der Waals surface area contributed by atoms with Crippen molar-refractivity contribution < 1.29 is 9.22 Å². The zero-order valence-electron chi connectivity index (χ0n) is 16.8. The number of rotatable bonds is 5.